The normalized spacial score (nSPS) is 12.5. The van der Waals surface area contributed by atoms with Crippen molar-refractivity contribution in [1.82, 2.24) is 10.6 Å². The first-order valence-corrected chi connectivity index (χ1v) is 8.10. The summed E-state index contributed by atoms with van der Waals surface area (Å²) in [7, 11) is 1.80. The Bertz CT molecular complexity index is 581. The highest BCUT2D eigenvalue weighted by Gasteiger charge is 2.06. The molecule has 23 heavy (non-hydrogen) atoms. The fourth-order valence-corrected chi connectivity index (χ4v) is 2.31. The number of rotatable bonds is 7. The van der Waals surface area contributed by atoms with Crippen molar-refractivity contribution in [1.29, 1.82) is 0 Å². The highest BCUT2D eigenvalue weighted by molar-refractivity contribution is 5.80. The van der Waals surface area contributed by atoms with Crippen LogP contribution in [0, 0.1) is 0 Å². The molecule has 0 aromatic heterocycles. The Balaban J connectivity index is 1.67. The van der Waals surface area contributed by atoms with Crippen LogP contribution in [0.25, 0.3) is 0 Å². The Labute approximate surface area is 139 Å². The molecule has 3 N–H and O–H groups in total. The molecule has 1 atom stereocenters. The zero-order chi connectivity index (χ0) is 16.3. The van der Waals surface area contributed by atoms with Crippen LogP contribution in [0.3, 0.4) is 0 Å². The van der Waals surface area contributed by atoms with Crippen LogP contribution < -0.4 is 16.0 Å². The van der Waals surface area contributed by atoms with Gasteiger partial charge in [-0.15, -0.1) is 0 Å². The Morgan fingerprint density at radius 2 is 1.61 bits per heavy atom. The van der Waals surface area contributed by atoms with E-state index in [4.69, 9.17) is 0 Å². The fourth-order valence-electron chi connectivity index (χ4n) is 2.31. The lowest BCUT2D eigenvalue weighted by Gasteiger charge is -2.18. The third kappa shape index (κ3) is 6.02. The summed E-state index contributed by atoms with van der Waals surface area (Å²) in [4.78, 5) is 4.28. The topological polar surface area (TPSA) is 48.5 Å². The first-order valence-electron chi connectivity index (χ1n) is 8.10. The van der Waals surface area contributed by atoms with Gasteiger partial charge in [-0.3, -0.25) is 4.99 Å². The smallest absolute Gasteiger partial charge is 0.191 e. The molecular weight excluding hydrogens is 284 g/mol. The predicted molar refractivity (Wildman–Crippen MR) is 98.9 cm³/mol. The Kier molecular flexibility index (Phi) is 6.98. The van der Waals surface area contributed by atoms with Crippen LogP contribution in [0.1, 0.15) is 24.9 Å². The summed E-state index contributed by atoms with van der Waals surface area (Å²) in [6, 6.07) is 20.9. The standard InChI is InChI=1S/C19H26N4/c1-16(17-10-5-3-6-11-17)23-19(20-2)22-15-9-14-21-18-12-7-4-8-13-18/h3-8,10-13,16,21H,9,14-15H2,1-2H3,(H2,20,22,23). The number of anilines is 1. The van der Waals surface area contributed by atoms with E-state index >= 15 is 0 Å². The highest BCUT2D eigenvalue weighted by Crippen LogP contribution is 2.10. The molecule has 1 unspecified atom stereocenters. The number of nitrogens with one attached hydrogen (secondary N) is 3. The number of nitrogens with zero attached hydrogens (tertiary/aromatic N) is 1. The molecule has 0 fully saturated rings. The second-order valence-corrected chi connectivity index (χ2v) is 5.42. The number of guanidine groups is 1. The van der Waals surface area contributed by atoms with Crippen LogP contribution in [0.4, 0.5) is 5.69 Å². The van der Waals surface area contributed by atoms with Gasteiger partial charge in [-0.25, -0.2) is 0 Å². The van der Waals surface area contributed by atoms with Crippen molar-refractivity contribution in [2.45, 2.75) is 19.4 Å². The van der Waals surface area contributed by atoms with E-state index in [9.17, 15) is 0 Å². The molecular formula is C19H26N4. The van der Waals surface area contributed by atoms with Crippen molar-refractivity contribution < 1.29 is 0 Å². The zero-order valence-corrected chi connectivity index (χ0v) is 13.9. The number of benzene rings is 2. The molecule has 0 radical (unpaired) electrons. The molecule has 4 heteroatoms. The van der Waals surface area contributed by atoms with Crippen molar-refractivity contribution in [2.75, 3.05) is 25.5 Å². The molecule has 2 rings (SSSR count). The van der Waals surface area contributed by atoms with Crippen LogP contribution in [-0.2, 0) is 0 Å². The predicted octanol–water partition coefficient (Wildman–Crippen LogP) is 3.41. The maximum atomic E-state index is 4.28. The van der Waals surface area contributed by atoms with Crippen molar-refractivity contribution in [3.63, 3.8) is 0 Å². The molecule has 0 saturated heterocycles. The number of hydrogen-bond donors (Lipinski definition) is 3. The largest absolute Gasteiger partial charge is 0.385 e. The Hall–Kier alpha value is -2.49. The minimum atomic E-state index is 0.227. The SMILES string of the molecule is CN=C(NCCCNc1ccccc1)NC(C)c1ccccc1. The molecule has 0 aliphatic heterocycles. The van der Waals surface area contributed by atoms with Gasteiger partial charge in [0.1, 0.15) is 0 Å². The van der Waals surface area contributed by atoms with E-state index in [0.717, 1.165) is 31.2 Å². The van der Waals surface area contributed by atoms with E-state index in [-0.39, 0.29) is 6.04 Å². The minimum absolute atomic E-state index is 0.227. The minimum Gasteiger partial charge on any atom is -0.385 e. The van der Waals surface area contributed by atoms with Gasteiger partial charge in [-0.1, -0.05) is 48.5 Å². The molecule has 0 saturated carbocycles. The summed E-state index contributed by atoms with van der Waals surface area (Å²) in [5.74, 6) is 0.834. The molecule has 0 spiro atoms. The monoisotopic (exact) mass is 310 g/mol. The van der Waals surface area contributed by atoms with Crippen molar-refractivity contribution in [3.05, 3.63) is 66.2 Å². The molecule has 0 bridgehead atoms. The maximum absolute atomic E-state index is 4.28. The van der Waals surface area contributed by atoms with Gasteiger partial charge in [0.05, 0.1) is 6.04 Å². The number of para-hydroxylation sites is 1. The molecule has 122 valence electrons. The summed E-state index contributed by atoms with van der Waals surface area (Å²) < 4.78 is 0. The van der Waals surface area contributed by atoms with Crippen molar-refractivity contribution in [2.24, 2.45) is 4.99 Å². The third-order valence-corrected chi connectivity index (χ3v) is 3.63. The van der Waals surface area contributed by atoms with E-state index in [1.54, 1.807) is 7.05 Å². The van der Waals surface area contributed by atoms with Gasteiger partial charge in [0.15, 0.2) is 5.96 Å². The van der Waals surface area contributed by atoms with Crippen molar-refractivity contribution >= 4 is 11.6 Å². The fraction of sp³-hybridized carbons (Fsp3) is 0.316. The summed E-state index contributed by atoms with van der Waals surface area (Å²) >= 11 is 0. The second kappa shape index (κ2) is 9.51. The van der Waals surface area contributed by atoms with E-state index in [1.165, 1.54) is 5.56 Å². The lowest BCUT2D eigenvalue weighted by atomic mass is 10.1. The molecule has 0 aliphatic carbocycles. The van der Waals surface area contributed by atoms with Crippen LogP contribution >= 0.6 is 0 Å². The Morgan fingerprint density at radius 1 is 0.957 bits per heavy atom. The first kappa shape index (κ1) is 16.9. The molecule has 0 heterocycles. The van der Waals surface area contributed by atoms with Gasteiger partial charge < -0.3 is 16.0 Å². The molecule has 0 amide bonds. The van der Waals surface area contributed by atoms with Gasteiger partial charge in [-0.2, -0.15) is 0 Å². The van der Waals surface area contributed by atoms with E-state index in [1.807, 2.05) is 24.3 Å². The third-order valence-electron chi connectivity index (χ3n) is 3.63. The van der Waals surface area contributed by atoms with Gasteiger partial charge in [-0.05, 0) is 31.0 Å². The Morgan fingerprint density at radius 3 is 2.26 bits per heavy atom. The first-order chi connectivity index (χ1) is 11.3. The maximum Gasteiger partial charge on any atom is 0.191 e. The van der Waals surface area contributed by atoms with Gasteiger partial charge in [0.2, 0.25) is 0 Å². The van der Waals surface area contributed by atoms with Crippen LogP contribution in [0.15, 0.2) is 65.7 Å². The summed E-state index contributed by atoms with van der Waals surface area (Å²) in [5, 5.41) is 10.2. The van der Waals surface area contributed by atoms with Crippen molar-refractivity contribution in [3.8, 4) is 0 Å². The summed E-state index contributed by atoms with van der Waals surface area (Å²) in [5.41, 5.74) is 2.41. The molecule has 2 aromatic rings. The van der Waals surface area contributed by atoms with Gasteiger partial charge >= 0.3 is 0 Å². The lowest BCUT2D eigenvalue weighted by Crippen LogP contribution is -2.39. The molecule has 0 aliphatic rings. The molecule has 4 nitrogen and oxygen atoms in total. The quantitative estimate of drug-likeness (QED) is 0.417. The van der Waals surface area contributed by atoms with E-state index < -0.39 is 0 Å². The van der Waals surface area contributed by atoms with E-state index in [2.05, 4.69) is 64.3 Å². The average Bonchev–Trinajstić information content (AvgIpc) is 2.62. The summed E-state index contributed by atoms with van der Waals surface area (Å²) in [6.45, 7) is 3.95. The highest BCUT2D eigenvalue weighted by atomic mass is 15.2. The zero-order valence-electron chi connectivity index (χ0n) is 13.9. The van der Waals surface area contributed by atoms with E-state index in [0.29, 0.717) is 0 Å². The van der Waals surface area contributed by atoms with Crippen LogP contribution in [0.5, 0.6) is 0 Å². The number of hydrogen-bond acceptors (Lipinski definition) is 2. The van der Waals surface area contributed by atoms with Gasteiger partial charge in [0.25, 0.3) is 0 Å². The van der Waals surface area contributed by atoms with Crippen LogP contribution in [-0.4, -0.2) is 26.1 Å². The summed E-state index contributed by atoms with van der Waals surface area (Å²) in [6.07, 6.45) is 1.02. The molecule has 2 aromatic carbocycles. The lowest BCUT2D eigenvalue weighted by molar-refractivity contribution is 0.679. The second-order valence-electron chi connectivity index (χ2n) is 5.42. The van der Waals surface area contributed by atoms with Gasteiger partial charge in [0, 0.05) is 25.8 Å². The van der Waals surface area contributed by atoms with Crippen LogP contribution in [0.2, 0.25) is 0 Å². The number of aliphatic imine (C=N–C) groups is 1. The average molecular weight is 310 g/mol.